The topological polar surface area (TPSA) is 101 Å². The molecule has 1 saturated heterocycles. The Balaban J connectivity index is 1.45. The van der Waals surface area contributed by atoms with E-state index in [4.69, 9.17) is 0 Å². The molecule has 0 bridgehead atoms. The number of hydrogen-bond donors (Lipinski definition) is 2. The average molecular weight is 344 g/mol. The van der Waals surface area contributed by atoms with Crippen molar-refractivity contribution in [1.82, 2.24) is 30.0 Å². The normalized spacial score (nSPS) is 17.3. The molecule has 1 aliphatic rings. The molecule has 0 aromatic carbocycles. The molecule has 0 saturated carbocycles. The lowest BCUT2D eigenvalue weighted by atomic mass is 9.98. The van der Waals surface area contributed by atoms with Crippen LogP contribution in [0.3, 0.4) is 0 Å². The van der Waals surface area contributed by atoms with Crippen molar-refractivity contribution >= 4 is 17.9 Å². The average Bonchev–Trinajstić information content (AvgIpc) is 3.08. The lowest BCUT2D eigenvalue weighted by molar-refractivity contribution is 0.249. The Labute approximate surface area is 146 Å². The Morgan fingerprint density at radius 1 is 1.32 bits per heavy atom. The van der Waals surface area contributed by atoms with Crippen molar-refractivity contribution in [2.45, 2.75) is 32.7 Å². The number of rotatable bonds is 6. The largest absolute Gasteiger partial charge is 0.340 e. The number of nitrogens with one attached hydrogen (secondary N) is 2. The summed E-state index contributed by atoms with van der Waals surface area (Å²) in [5.41, 5.74) is 0. The second-order valence-electron chi connectivity index (χ2n) is 6.17. The standard InChI is InChI=1S/C16H24N8O/c1-2-8-24-12-20-14(22-24)21-16(25)19-10-13-5-3-9-23(11-13)15-17-6-4-7-18-15/h4,6-7,12-13H,2-3,5,8-11H2,1H3,(H2,19,21,22,25). The third kappa shape index (κ3) is 4.88. The maximum atomic E-state index is 12.0. The summed E-state index contributed by atoms with van der Waals surface area (Å²) in [4.78, 5) is 26.9. The zero-order chi connectivity index (χ0) is 17.5. The summed E-state index contributed by atoms with van der Waals surface area (Å²) in [6.07, 6.45) is 8.24. The number of carbonyl (C=O) groups is 1. The van der Waals surface area contributed by atoms with Crippen LogP contribution in [0.1, 0.15) is 26.2 Å². The van der Waals surface area contributed by atoms with Crippen LogP contribution in [-0.2, 0) is 6.54 Å². The number of urea groups is 1. The zero-order valence-corrected chi connectivity index (χ0v) is 14.4. The van der Waals surface area contributed by atoms with Gasteiger partial charge in [0.1, 0.15) is 6.33 Å². The van der Waals surface area contributed by atoms with E-state index in [1.165, 1.54) is 0 Å². The number of aromatic nitrogens is 5. The predicted octanol–water partition coefficient (Wildman–Crippen LogP) is 1.52. The number of hydrogen-bond acceptors (Lipinski definition) is 6. The van der Waals surface area contributed by atoms with E-state index in [0.717, 1.165) is 44.8 Å². The molecule has 3 rings (SSSR count). The van der Waals surface area contributed by atoms with Crippen molar-refractivity contribution in [3.05, 3.63) is 24.8 Å². The van der Waals surface area contributed by atoms with Gasteiger partial charge in [0.2, 0.25) is 11.9 Å². The minimum atomic E-state index is -0.276. The van der Waals surface area contributed by atoms with Gasteiger partial charge in [-0.25, -0.2) is 19.7 Å². The summed E-state index contributed by atoms with van der Waals surface area (Å²) in [6, 6.07) is 1.54. The van der Waals surface area contributed by atoms with Gasteiger partial charge in [0, 0.05) is 38.6 Å². The van der Waals surface area contributed by atoms with Crippen LogP contribution in [0.2, 0.25) is 0 Å². The molecule has 1 unspecified atom stereocenters. The van der Waals surface area contributed by atoms with E-state index < -0.39 is 0 Å². The maximum absolute atomic E-state index is 12.0. The molecule has 1 fully saturated rings. The van der Waals surface area contributed by atoms with Gasteiger partial charge < -0.3 is 10.2 Å². The van der Waals surface area contributed by atoms with E-state index in [-0.39, 0.29) is 6.03 Å². The van der Waals surface area contributed by atoms with E-state index >= 15 is 0 Å². The van der Waals surface area contributed by atoms with Gasteiger partial charge in [0.25, 0.3) is 0 Å². The fourth-order valence-corrected chi connectivity index (χ4v) is 2.94. The SMILES string of the molecule is CCCn1cnc(NC(=O)NCC2CCCN(c3ncccn3)C2)n1. The third-order valence-electron chi connectivity index (χ3n) is 4.12. The molecule has 1 aliphatic heterocycles. The van der Waals surface area contributed by atoms with E-state index in [9.17, 15) is 4.79 Å². The van der Waals surface area contributed by atoms with Crippen LogP contribution in [0.4, 0.5) is 16.7 Å². The molecular formula is C16H24N8O. The Bertz CT molecular complexity index is 674. The van der Waals surface area contributed by atoms with Gasteiger partial charge in [-0.05, 0) is 31.2 Å². The number of aryl methyl sites for hydroxylation is 1. The minimum Gasteiger partial charge on any atom is -0.340 e. The molecule has 2 aromatic rings. The first kappa shape index (κ1) is 17.1. The van der Waals surface area contributed by atoms with Crippen molar-refractivity contribution in [2.24, 2.45) is 5.92 Å². The number of anilines is 2. The molecule has 3 heterocycles. The first-order valence-corrected chi connectivity index (χ1v) is 8.71. The molecule has 9 heteroatoms. The molecule has 2 amide bonds. The molecule has 9 nitrogen and oxygen atoms in total. The van der Waals surface area contributed by atoms with Crippen molar-refractivity contribution in [2.75, 3.05) is 29.9 Å². The Morgan fingerprint density at radius 3 is 2.96 bits per heavy atom. The van der Waals surface area contributed by atoms with Crippen molar-refractivity contribution in [3.63, 3.8) is 0 Å². The molecular weight excluding hydrogens is 320 g/mol. The van der Waals surface area contributed by atoms with E-state index in [0.29, 0.717) is 18.4 Å². The fourth-order valence-electron chi connectivity index (χ4n) is 2.94. The van der Waals surface area contributed by atoms with E-state index in [2.05, 4.69) is 42.5 Å². The van der Waals surface area contributed by atoms with Gasteiger partial charge in [-0.15, -0.1) is 5.10 Å². The molecule has 134 valence electrons. The van der Waals surface area contributed by atoms with Crippen LogP contribution >= 0.6 is 0 Å². The number of piperidine rings is 1. The first-order valence-electron chi connectivity index (χ1n) is 8.71. The lowest BCUT2D eigenvalue weighted by Crippen LogP contribution is -2.42. The van der Waals surface area contributed by atoms with Gasteiger partial charge in [-0.3, -0.25) is 10.00 Å². The van der Waals surface area contributed by atoms with Crippen molar-refractivity contribution < 1.29 is 4.79 Å². The van der Waals surface area contributed by atoms with Gasteiger partial charge in [0.05, 0.1) is 0 Å². The van der Waals surface area contributed by atoms with Crippen LogP contribution in [0.15, 0.2) is 24.8 Å². The Hall–Kier alpha value is -2.71. The summed E-state index contributed by atoms with van der Waals surface area (Å²) in [5.74, 6) is 1.45. The fraction of sp³-hybridized carbons (Fsp3) is 0.562. The van der Waals surface area contributed by atoms with Crippen LogP contribution in [0.25, 0.3) is 0 Å². The van der Waals surface area contributed by atoms with Gasteiger partial charge >= 0.3 is 6.03 Å². The predicted molar refractivity (Wildman–Crippen MR) is 94.3 cm³/mol. The minimum absolute atomic E-state index is 0.276. The Morgan fingerprint density at radius 2 is 2.16 bits per heavy atom. The summed E-state index contributed by atoms with van der Waals surface area (Å²) in [5, 5.41) is 9.77. The lowest BCUT2D eigenvalue weighted by Gasteiger charge is -2.32. The van der Waals surface area contributed by atoms with Crippen LogP contribution in [0, 0.1) is 5.92 Å². The number of amides is 2. The second-order valence-corrected chi connectivity index (χ2v) is 6.17. The quantitative estimate of drug-likeness (QED) is 0.824. The van der Waals surface area contributed by atoms with Crippen LogP contribution < -0.4 is 15.5 Å². The van der Waals surface area contributed by atoms with Crippen molar-refractivity contribution in [3.8, 4) is 0 Å². The van der Waals surface area contributed by atoms with Gasteiger partial charge in [-0.2, -0.15) is 0 Å². The molecule has 2 N–H and O–H groups in total. The monoisotopic (exact) mass is 344 g/mol. The highest BCUT2D eigenvalue weighted by Crippen LogP contribution is 2.19. The summed E-state index contributed by atoms with van der Waals surface area (Å²) < 4.78 is 1.72. The molecule has 1 atom stereocenters. The third-order valence-corrected chi connectivity index (χ3v) is 4.12. The molecule has 0 spiro atoms. The second kappa shape index (κ2) is 8.41. The van der Waals surface area contributed by atoms with Gasteiger partial charge in [-0.1, -0.05) is 6.92 Å². The van der Waals surface area contributed by atoms with Crippen LogP contribution in [0.5, 0.6) is 0 Å². The van der Waals surface area contributed by atoms with E-state index in [1.54, 1.807) is 23.4 Å². The molecule has 2 aromatic heterocycles. The highest BCUT2D eigenvalue weighted by molar-refractivity contribution is 5.87. The summed E-state index contributed by atoms with van der Waals surface area (Å²) in [6.45, 7) is 5.25. The van der Waals surface area contributed by atoms with Crippen molar-refractivity contribution in [1.29, 1.82) is 0 Å². The first-order chi connectivity index (χ1) is 12.2. The molecule has 0 aliphatic carbocycles. The Kier molecular flexibility index (Phi) is 5.76. The highest BCUT2D eigenvalue weighted by atomic mass is 16.2. The smallest absolute Gasteiger partial charge is 0.321 e. The zero-order valence-electron chi connectivity index (χ0n) is 14.4. The van der Waals surface area contributed by atoms with Crippen LogP contribution in [-0.4, -0.2) is 50.4 Å². The summed E-state index contributed by atoms with van der Waals surface area (Å²) >= 11 is 0. The summed E-state index contributed by atoms with van der Waals surface area (Å²) in [7, 11) is 0. The highest BCUT2D eigenvalue weighted by Gasteiger charge is 2.22. The van der Waals surface area contributed by atoms with Gasteiger partial charge in [0.15, 0.2) is 0 Å². The van der Waals surface area contributed by atoms with E-state index in [1.807, 2.05) is 6.07 Å². The molecule has 25 heavy (non-hydrogen) atoms. The maximum Gasteiger partial charge on any atom is 0.321 e. The molecule has 0 radical (unpaired) electrons. The number of carbonyl (C=O) groups excluding carboxylic acids is 1. The number of nitrogens with zero attached hydrogens (tertiary/aromatic N) is 6.